The van der Waals surface area contributed by atoms with Gasteiger partial charge in [-0.1, -0.05) is 6.92 Å². The molecule has 1 unspecified atom stereocenters. The molecule has 0 bridgehead atoms. The number of hydrogen-bond donors (Lipinski definition) is 2. The van der Waals surface area contributed by atoms with Gasteiger partial charge in [0, 0.05) is 18.6 Å². The molecule has 0 radical (unpaired) electrons. The Labute approximate surface area is 109 Å². The first kappa shape index (κ1) is 14.8. The van der Waals surface area contributed by atoms with Gasteiger partial charge in [-0.2, -0.15) is 0 Å². The number of hydrogen-bond acceptors (Lipinski definition) is 2. The summed E-state index contributed by atoms with van der Waals surface area (Å²) >= 11 is 0. The molecular weight excluding hydrogens is 232 g/mol. The van der Waals surface area contributed by atoms with Crippen molar-refractivity contribution < 1.29 is 14.7 Å². The predicted octanol–water partition coefficient (Wildman–Crippen LogP) is 2.07. The van der Waals surface area contributed by atoms with Crippen LogP contribution in [0.25, 0.3) is 0 Å². The van der Waals surface area contributed by atoms with Crippen molar-refractivity contribution in [3.8, 4) is 0 Å². The summed E-state index contributed by atoms with van der Waals surface area (Å²) in [5, 5.41) is 11.6. The molecule has 1 saturated carbocycles. The Bertz CT molecular complexity index is 301. The van der Waals surface area contributed by atoms with Crippen LogP contribution in [-0.4, -0.2) is 40.6 Å². The Hall–Kier alpha value is -1.26. The van der Waals surface area contributed by atoms with E-state index in [1.807, 2.05) is 25.7 Å². The maximum absolute atomic E-state index is 12.1. The number of carboxylic acids is 1. The van der Waals surface area contributed by atoms with E-state index in [0.717, 1.165) is 6.54 Å². The summed E-state index contributed by atoms with van der Waals surface area (Å²) in [6.45, 7) is 6.64. The quantitative estimate of drug-likeness (QED) is 0.732. The Kier molecular flexibility index (Phi) is 5.44. The summed E-state index contributed by atoms with van der Waals surface area (Å²) in [5.74, 6) is -0.238. The average molecular weight is 256 g/mol. The lowest BCUT2D eigenvalue weighted by Crippen LogP contribution is -2.48. The van der Waals surface area contributed by atoms with Gasteiger partial charge in [-0.15, -0.1) is 0 Å². The average Bonchev–Trinajstić information content (AvgIpc) is 3.07. The lowest BCUT2D eigenvalue weighted by atomic mass is 10.1. The molecule has 0 aromatic rings. The van der Waals surface area contributed by atoms with Crippen molar-refractivity contribution in [1.29, 1.82) is 0 Å². The van der Waals surface area contributed by atoms with E-state index >= 15 is 0 Å². The van der Waals surface area contributed by atoms with Crippen LogP contribution in [0.3, 0.4) is 0 Å². The molecule has 2 amide bonds. The van der Waals surface area contributed by atoms with E-state index in [9.17, 15) is 9.59 Å². The minimum Gasteiger partial charge on any atom is -0.481 e. The molecule has 0 aromatic carbocycles. The highest BCUT2D eigenvalue weighted by atomic mass is 16.4. The molecule has 0 saturated heterocycles. The number of nitrogens with zero attached hydrogens (tertiary/aromatic N) is 1. The fourth-order valence-corrected chi connectivity index (χ4v) is 1.87. The first-order chi connectivity index (χ1) is 8.43. The molecule has 5 nitrogen and oxygen atoms in total. The highest BCUT2D eigenvalue weighted by molar-refractivity contribution is 5.76. The lowest BCUT2D eigenvalue weighted by Gasteiger charge is -2.29. The standard InChI is InChI=1S/C13H24N2O3/c1-4-11(7-12(16)17)14-13(18)15(9(2)3)8-10-5-6-10/h9-11H,4-8H2,1-3H3,(H,14,18)(H,16,17). The molecule has 1 aliphatic rings. The monoisotopic (exact) mass is 256 g/mol. The predicted molar refractivity (Wildman–Crippen MR) is 69.4 cm³/mol. The topological polar surface area (TPSA) is 69.6 Å². The molecule has 18 heavy (non-hydrogen) atoms. The Morgan fingerprint density at radius 3 is 2.39 bits per heavy atom. The van der Waals surface area contributed by atoms with Crippen LogP contribution >= 0.6 is 0 Å². The molecule has 5 heteroatoms. The van der Waals surface area contributed by atoms with E-state index in [-0.39, 0.29) is 24.5 Å². The molecule has 0 aliphatic heterocycles. The number of carbonyl (C=O) groups excluding carboxylic acids is 1. The number of amides is 2. The number of carboxylic acid groups (broad SMARTS) is 1. The number of urea groups is 1. The zero-order valence-electron chi connectivity index (χ0n) is 11.5. The molecule has 104 valence electrons. The van der Waals surface area contributed by atoms with Gasteiger partial charge in [0.05, 0.1) is 6.42 Å². The molecule has 1 fully saturated rings. The van der Waals surface area contributed by atoms with Crippen molar-refractivity contribution in [1.82, 2.24) is 10.2 Å². The summed E-state index contributed by atoms with van der Waals surface area (Å²) in [6, 6.07) is -0.270. The Morgan fingerprint density at radius 1 is 1.39 bits per heavy atom. The minimum atomic E-state index is -0.875. The minimum absolute atomic E-state index is 0.0163. The number of nitrogens with one attached hydrogen (secondary N) is 1. The molecule has 1 rings (SSSR count). The Morgan fingerprint density at radius 2 is 2.00 bits per heavy atom. The third kappa shape index (κ3) is 4.94. The largest absolute Gasteiger partial charge is 0.481 e. The third-order valence-corrected chi connectivity index (χ3v) is 3.28. The van der Waals surface area contributed by atoms with Crippen molar-refractivity contribution in [2.45, 2.75) is 58.5 Å². The summed E-state index contributed by atoms with van der Waals surface area (Å²) in [5.41, 5.74) is 0. The molecule has 1 aliphatic carbocycles. The lowest BCUT2D eigenvalue weighted by molar-refractivity contribution is -0.137. The van der Waals surface area contributed by atoms with E-state index in [4.69, 9.17) is 5.11 Å². The van der Waals surface area contributed by atoms with Crippen molar-refractivity contribution in [2.24, 2.45) is 5.92 Å². The van der Waals surface area contributed by atoms with E-state index in [1.54, 1.807) is 0 Å². The van der Waals surface area contributed by atoms with Crippen LogP contribution in [0.2, 0.25) is 0 Å². The first-order valence-electron chi connectivity index (χ1n) is 6.73. The van der Waals surface area contributed by atoms with Gasteiger partial charge >= 0.3 is 12.0 Å². The van der Waals surface area contributed by atoms with Gasteiger partial charge in [0.15, 0.2) is 0 Å². The molecule has 2 N–H and O–H groups in total. The van der Waals surface area contributed by atoms with Crippen molar-refractivity contribution >= 4 is 12.0 Å². The van der Waals surface area contributed by atoms with Gasteiger partial charge in [-0.25, -0.2) is 4.79 Å². The van der Waals surface area contributed by atoms with Gasteiger partial charge in [-0.05, 0) is 39.0 Å². The van der Waals surface area contributed by atoms with Crippen LogP contribution in [0.4, 0.5) is 4.79 Å². The highest BCUT2D eigenvalue weighted by Gasteiger charge is 2.29. The summed E-state index contributed by atoms with van der Waals surface area (Å²) < 4.78 is 0. The van der Waals surface area contributed by atoms with E-state index in [0.29, 0.717) is 12.3 Å². The maximum Gasteiger partial charge on any atom is 0.317 e. The van der Waals surface area contributed by atoms with Crippen LogP contribution in [0, 0.1) is 5.92 Å². The molecule has 1 atom stereocenters. The van der Waals surface area contributed by atoms with Crippen LogP contribution in [0.1, 0.15) is 46.5 Å². The van der Waals surface area contributed by atoms with Crippen LogP contribution < -0.4 is 5.32 Å². The fourth-order valence-electron chi connectivity index (χ4n) is 1.87. The molecule has 0 heterocycles. The van der Waals surface area contributed by atoms with Crippen LogP contribution in [-0.2, 0) is 4.79 Å². The van der Waals surface area contributed by atoms with Gasteiger partial charge in [0.1, 0.15) is 0 Å². The second-order valence-corrected chi connectivity index (χ2v) is 5.34. The van der Waals surface area contributed by atoms with E-state index < -0.39 is 5.97 Å². The second kappa shape index (κ2) is 6.61. The first-order valence-corrected chi connectivity index (χ1v) is 6.73. The molecular formula is C13H24N2O3. The van der Waals surface area contributed by atoms with Gasteiger partial charge < -0.3 is 15.3 Å². The zero-order chi connectivity index (χ0) is 13.7. The third-order valence-electron chi connectivity index (χ3n) is 3.28. The summed E-state index contributed by atoms with van der Waals surface area (Å²) in [4.78, 5) is 24.6. The van der Waals surface area contributed by atoms with Gasteiger partial charge in [0.2, 0.25) is 0 Å². The highest BCUT2D eigenvalue weighted by Crippen LogP contribution is 2.30. The summed E-state index contributed by atoms with van der Waals surface area (Å²) in [7, 11) is 0. The number of carbonyl (C=O) groups is 2. The van der Waals surface area contributed by atoms with Crippen LogP contribution in [0.15, 0.2) is 0 Å². The van der Waals surface area contributed by atoms with Gasteiger partial charge in [0.25, 0.3) is 0 Å². The van der Waals surface area contributed by atoms with E-state index in [1.165, 1.54) is 12.8 Å². The molecule has 0 spiro atoms. The Balaban J connectivity index is 2.50. The fraction of sp³-hybridized carbons (Fsp3) is 0.846. The number of rotatable bonds is 7. The van der Waals surface area contributed by atoms with Gasteiger partial charge in [-0.3, -0.25) is 4.79 Å². The number of aliphatic carboxylic acids is 1. The van der Waals surface area contributed by atoms with Crippen molar-refractivity contribution in [2.75, 3.05) is 6.54 Å². The SMILES string of the molecule is CCC(CC(=O)O)NC(=O)N(CC1CC1)C(C)C. The van der Waals surface area contributed by atoms with Crippen molar-refractivity contribution in [3.05, 3.63) is 0 Å². The summed E-state index contributed by atoms with van der Waals surface area (Å²) in [6.07, 6.45) is 3.01. The maximum atomic E-state index is 12.1. The van der Waals surface area contributed by atoms with Crippen molar-refractivity contribution in [3.63, 3.8) is 0 Å². The van der Waals surface area contributed by atoms with Crippen LogP contribution in [0.5, 0.6) is 0 Å². The zero-order valence-corrected chi connectivity index (χ0v) is 11.5. The smallest absolute Gasteiger partial charge is 0.317 e. The normalized spacial score (nSPS) is 16.4. The molecule has 0 aromatic heterocycles. The van der Waals surface area contributed by atoms with E-state index in [2.05, 4.69) is 5.32 Å². The second-order valence-electron chi connectivity index (χ2n) is 5.34.